The van der Waals surface area contributed by atoms with Crippen LogP contribution in [0.3, 0.4) is 0 Å². The molecule has 0 spiro atoms. The van der Waals surface area contributed by atoms with Crippen molar-refractivity contribution in [1.29, 1.82) is 0 Å². The molecular weight excluding hydrogens is 272 g/mol. The Kier molecular flexibility index (Phi) is 5.75. The van der Waals surface area contributed by atoms with Gasteiger partial charge in [-0.3, -0.25) is 4.21 Å². The summed E-state index contributed by atoms with van der Waals surface area (Å²) < 4.78 is 16.4. The molecule has 1 unspecified atom stereocenters. The van der Waals surface area contributed by atoms with Crippen molar-refractivity contribution in [3.8, 4) is 0 Å². The summed E-state index contributed by atoms with van der Waals surface area (Å²) in [6, 6.07) is 0. The molecule has 4 nitrogen and oxygen atoms in total. The second-order valence-corrected chi connectivity index (χ2v) is 7.84. The first-order chi connectivity index (χ1) is 9.56. The van der Waals surface area contributed by atoms with Gasteiger partial charge in [0.2, 0.25) is 5.89 Å². The zero-order valence-electron chi connectivity index (χ0n) is 12.8. The second kappa shape index (κ2) is 7.34. The fraction of sp³-hybridized carbons (Fsp3) is 0.867. The SMILES string of the molecule is CC(C)C1CCC(c2nc(CCCS(C)=O)no2)CC1. The van der Waals surface area contributed by atoms with Gasteiger partial charge in [0.05, 0.1) is 0 Å². The van der Waals surface area contributed by atoms with E-state index in [1.165, 1.54) is 25.7 Å². The first-order valence-electron chi connectivity index (χ1n) is 7.68. The molecule has 1 atom stereocenters. The number of aryl methyl sites for hydroxylation is 1. The summed E-state index contributed by atoms with van der Waals surface area (Å²) in [5.74, 6) is 4.39. The molecule has 0 N–H and O–H groups in total. The molecule has 1 aliphatic carbocycles. The first-order valence-corrected chi connectivity index (χ1v) is 9.41. The Hall–Kier alpha value is -0.710. The van der Waals surface area contributed by atoms with Gasteiger partial charge in [-0.1, -0.05) is 19.0 Å². The molecule has 0 amide bonds. The third-order valence-electron chi connectivity index (χ3n) is 4.38. The maximum absolute atomic E-state index is 11.0. The van der Waals surface area contributed by atoms with Crippen molar-refractivity contribution in [2.24, 2.45) is 11.8 Å². The summed E-state index contributed by atoms with van der Waals surface area (Å²) in [7, 11) is -0.731. The summed E-state index contributed by atoms with van der Waals surface area (Å²) in [4.78, 5) is 4.52. The third kappa shape index (κ3) is 4.40. The van der Waals surface area contributed by atoms with E-state index in [9.17, 15) is 4.21 Å². The van der Waals surface area contributed by atoms with E-state index in [1.807, 2.05) is 0 Å². The van der Waals surface area contributed by atoms with Crippen molar-refractivity contribution in [2.45, 2.75) is 58.3 Å². The molecule has 1 heterocycles. The van der Waals surface area contributed by atoms with Crippen LogP contribution in [0.15, 0.2) is 4.52 Å². The molecule has 0 radical (unpaired) electrons. The van der Waals surface area contributed by atoms with E-state index >= 15 is 0 Å². The van der Waals surface area contributed by atoms with Crippen molar-refractivity contribution in [3.05, 3.63) is 11.7 Å². The zero-order valence-corrected chi connectivity index (χ0v) is 13.6. The highest BCUT2D eigenvalue weighted by Gasteiger charge is 2.27. The van der Waals surface area contributed by atoms with E-state index in [2.05, 4.69) is 24.0 Å². The highest BCUT2D eigenvalue weighted by atomic mass is 32.2. The number of nitrogens with zero attached hydrogens (tertiary/aromatic N) is 2. The van der Waals surface area contributed by atoms with Crippen molar-refractivity contribution >= 4 is 10.8 Å². The van der Waals surface area contributed by atoms with Gasteiger partial charge in [-0.05, 0) is 43.9 Å². The zero-order chi connectivity index (χ0) is 14.5. The van der Waals surface area contributed by atoms with Crippen LogP contribution in [0.25, 0.3) is 0 Å². The number of hydrogen-bond donors (Lipinski definition) is 0. The topological polar surface area (TPSA) is 56.0 Å². The van der Waals surface area contributed by atoms with Crippen LogP contribution in [0, 0.1) is 11.8 Å². The van der Waals surface area contributed by atoms with Crippen molar-refractivity contribution in [3.63, 3.8) is 0 Å². The summed E-state index contributed by atoms with van der Waals surface area (Å²) in [5.41, 5.74) is 0. The quantitative estimate of drug-likeness (QED) is 0.808. The second-order valence-electron chi connectivity index (χ2n) is 6.29. The maximum atomic E-state index is 11.0. The molecule has 0 aliphatic heterocycles. The van der Waals surface area contributed by atoms with Crippen LogP contribution in [-0.2, 0) is 17.2 Å². The Bertz CT molecular complexity index is 437. The first kappa shape index (κ1) is 15.7. The van der Waals surface area contributed by atoms with Crippen LogP contribution in [0.4, 0.5) is 0 Å². The van der Waals surface area contributed by atoms with E-state index in [-0.39, 0.29) is 0 Å². The fourth-order valence-corrected chi connectivity index (χ4v) is 3.55. The molecule has 0 aromatic carbocycles. The predicted octanol–water partition coefficient (Wildman–Crippen LogP) is 3.31. The average molecular weight is 298 g/mol. The number of rotatable bonds is 6. The monoisotopic (exact) mass is 298 g/mol. The lowest BCUT2D eigenvalue weighted by atomic mass is 9.77. The minimum absolute atomic E-state index is 0.451. The van der Waals surface area contributed by atoms with Gasteiger partial charge in [0.25, 0.3) is 0 Å². The summed E-state index contributed by atoms with van der Waals surface area (Å²) in [6.45, 7) is 4.63. The summed E-state index contributed by atoms with van der Waals surface area (Å²) in [6.07, 6.45) is 8.25. The Morgan fingerprint density at radius 2 is 2.00 bits per heavy atom. The van der Waals surface area contributed by atoms with Gasteiger partial charge >= 0.3 is 0 Å². The molecule has 1 saturated carbocycles. The Labute approximate surface area is 124 Å². The Balaban J connectivity index is 1.82. The molecule has 2 rings (SSSR count). The molecule has 1 aromatic rings. The molecule has 20 heavy (non-hydrogen) atoms. The van der Waals surface area contributed by atoms with Gasteiger partial charge in [0.1, 0.15) is 0 Å². The smallest absolute Gasteiger partial charge is 0.229 e. The fourth-order valence-electron chi connectivity index (χ4n) is 3.00. The van der Waals surface area contributed by atoms with Crippen LogP contribution in [-0.4, -0.2) is 26.4 Å². The van der Waals surface area contributed by atoms with Gasteiger partial charge in [-0.15, -0.1) is 0 Å². The third-order valence-corrected chi connectivity index (χ3v) is 5.24. The number of aromatic nitrogens is 2. The molecule has 114 valence electrons. The molecule has 1 aliphatic rings. The summed E-state index contributed by atoms with van der Waals surface area (Å²) in [5, 5.41) is 4.06. The standard InChI is InChI=1S/C15H26N2O2S/c1-11(2)12-6-8-13(9-7-12)15-16-14(17-19-15)5-4-10-20(3)18/h11-13H,4-10H2,1-3H3. The molecule has 1 fully saturated rings. The molecule has 5 heteroatoms. The van der Waals surface area contributed by atoms with E-state index in [1.54, 1.807) is 6.26 Å². The van der Waals surface area contributed by atoms with Gasteiger partial charge in [0.15, 0.2) is 5.82 Å². The highest BCUT2D eigenvalue weighted by molar-refractivity contribution is 7.84. The lowest BCUT2D eigenvalue weighted by Crippen LogP contribution is -2.17. The number of hydrogen-bond acceptors (Lipinski definition) is 4. The van der Waals surface area contributed by atoms with E-state index in [0.717, 1.165) is 36.4 Å². The van der Waals surface area contributed by atoms with E-state index < -0.39 is 10.8 Å². The molecular formula is C15H26N2O2S. The minimum Gasteiger partial charge on any atom is -0.339 e. The van der Waals surface area contributed by atoms with Crippen LogP contribution in [0.5, 0.6) is 0 Å². The predicted molar refractivity (Wildman–Crippen MR) is 81.1 cm³/mol. The highest BCUT2D eigenvalue weighted by Crippen LogP contribution is 2.37. The van der Waals surface area contributed by atoms with Gasteiger partial charge < -0.3 is 4.52 Å². The van der Waals surface area contributed by atoms with Crippen molar-refractivity contribution in [1.82, 2.24) is 10.1 Å². The Morgan fingerprint density at radius 1 is 1.30 bits per heavy atom. The lowest BCUT2D eigenvalue weighted by Gasteiger charge is -2.28. The maximum Gasteiger partial charge on any atom is 0.229 e. The van der Waals surface area contributed by atoms with Gasteiger partial charge in [0, 0.05) is 35.1 Å². The molecule has 1 aromatic heterocycles. The van der Waals surface area contributed by atoms with Gasteiger partial charge in [-0.2, -0.15) is 4.98 Å². The van der Waals surface area contributed by atoms with Crippen LogP contribution in [0.2, 0.25) is 0 Å². The average Bonchev–Trinajstić information content (AvgIpc) is 2.87. The van der Waals surface area contributed by atoms with Crippen molar-refractivity contribution in [2.75, 3.05) is 12.0 Å². The van der Waals surface area contributed by atoms with Crippen LogP contribution in [0.1, 0.15) is 63.6 Å². The van der Waals surface area contributed by atoms with Crippen molar-refractivity contribution < 1.29 is 8.73 Å². The van der Waals surface area contributed by atoms with E-state index in [0.29, 0.717) is 11.7 Å². The van der Waals surface area contributed by atoms with Crippen LogP contribution >= 0.6 is 0 Å². The summed E-state index contributed by atoms with van der Waals surface area (Å²) >= 11 is 0. The Morgan fingerprint density at radius 3 is 2.60 bits per heavy atom. The molecule has 0 bridgehead atoms. The minimum atomic E-state index is -0.731. The normalized spacial score (nSPS) is 25.0. The molecule has 0 saturated heterocycles. The van der Waals surface area contributed by atoms with Gasteiger partial charge in [-0.25, -0.2) is 0 Å². The largest absolute Gasteiger partial charge is 0.339 e. The van der Waals surface area contributed by atoms with E-state index in [4.69, 9.17) is 4.52 Å². The lowest BCUT2D eigenvalue weighted by molar-refractivity contribution is 0.231. The van der Waals surface area contributed by atoms with Crippen LogP contribution < -0.4 is 0 Å².